The second-order valence-electron chi connectivity index (χ2n) is 7.80. The molecule has 2 aromatic rings. The molecular formula is C24H31FN4O3. The van der Waals surface area contributed by atoms with Crippen molar-refractivity contribution in [2.24, 2.45) is 10.9 Å². The molecule has 0 spiro atoms. The Morgan fingerprint density at radius 1 is 1.19 bits per heavy atom. The smallest absolute Gasteiger partial charge is 0.251 e. The van der Waals surface area contributed by atoms with Crippen molar-refractivity contribution in [2.75, 3.05) is 33.9 Å². The summed E-state index contributed by atoms with van der Waals surface area (Å²) in [5.41, 5.74) is 1.32. The Morgan fingerprint density at radius 3 is 2.66 bits per heavy atom. The van der Waals surface area contributed by atoms with E-state index in [0.29, 0.717) is 48.6 Å². The number of carbonyl (C=O) groups is 1. The van der Waals surface area contributed by atoms with E-state index in [9.17, 15) is 9.18 Å². The van der Waals surface area contributed by atoms with E-state index in [1.807, 2.05) is 13.0 Å². The SMILES string of the molecule is CN=C(NCCNC(=O)c1cccc(OC)c1)NC(C)c1ccc(OCC2CC2)c(F)c1. The predicted octanol–water partition coefficient (Wildman–Crippen LogP) is 3.28. The highest BCUT2D eigenvalue weighted by molar-refractivity contribution is 5.94. The minimum absolute atomic E-state index is 0.167. The third kappa shape index (κ3) is 6.87. The molecule has 172 valence electrons. The van der Waals surface area contributed by atoms with Crippen LogP contribution in [-0.2, 0) is 0 Å². The lowest BCUT2D eigenvalue weighted by molar-refractivity contribution is 0.0954. The van der Waals surface area contributed by atoms with Crippen LogP contribution in [0.15, 0.2) is 47.5 Å². The monoisotopic (exact) mass is 442 g/mol. The van der Waals surface area contributed by atoms with E-state index in [1.54, 1.807) is 44.5 Å². The van der Waals surface area contributed by atoms with E-state index in [4.69, 9.17) is 9.47 Å². The number of carbonyl (C=O) groups excluding carboxylic acids is 1. The zero-order valence-electron chi connectivity index (χ0n) is 18.8. The van der Waals surface area contributed by atoms with Gasteiger partial charge in [0.1, 0.15) is 5.75 Å². The maximum atomic E-state index is 14.4. The molecule has 0 aliphatic heterocycles. The zero-order chi connectivity index (χ0) is 22.9. The van der Waals surface area contributed by atoms with Crippen LogP contribution in [0, 0.1) is 11.7 Å². The van der Waals surface area contributed by atoms with E-state index in [-0.39, 0.29) is 17.8 Å². The molecule has 8 heteroatoms. The first-order valence-electron chi connectivity index (χ1n) is 10.8. The normalized spacial score (nSPS) is 14.4. The van der Waals surface area contributed by atoms with Gasteiger partial charge in [0, 0.05) is 25.7 Å². The number of halogens is 1. The predicted molar refractivity (Wildman–Crippen MR) is 123 cm³/mol. The minimum atomic E-state index is -0.361. The van der Waals surface area contributed by atoms with Crippen LogP contribution in [0.4, 0.5) is 4.39 Å². The van der Waals surface area contributed by atoms with Gasteiger partial charge in [-0.1, -0.05) is 12.1 Å². The highest BCUT2D eigenvalue weighted by atomic mass is 19.1. The molecule has 1 fully saturated rings. The van der Waals surface area contributed by atoms with E-state index >= 15 is 0 Å². The quantitative estimate of drug-likeness (QED) is 0.299. The lowest BCUT2D eigenvalue weighted by Gasteiger charge is -2.19. The summed E-state index contributed by atoms with van der Waals surface area (Å²) in [5.74, 6) is 1.52. The number of rotatable bonds is 10. The molecule has 0 radical (unpaired) electrons. The summed E-state index contributed by atoms with van der Waals surface area (Å²) in [5, 5.41) is 9.22. The average Bonchev–Trinajstić information content (AvgIpc) is 3.64. The van der Waals surface area contributed by atoms with Gasteiger partial charge in [0.15, 0.2) is 17.5 Å². The maximum absolute atomic E-state index is 14.4. The standard InChI is InChI=1S/C24H31FN4O3/c1-16(18-9-10-22(21(25)14-18)32-15-17-7-8-17)29-24(26-2)28-12-11-27-23(30)19-5-4-6-20(13-19)31-3/h4-6,9-10,13-14,16-17H,7-8,11-12,15H2,1-3H3,(H,27,30)(H2,26,28,29). The highest BCUT2D eigenvalue weighted by Gasteiger charge is 2.22. The average molecular weight is 443 g/mol. The van der Waals surface area contributed by atoms with Crippen molar-refractivity contribution in [2.45, 2.75) is 25.8 Å². The van der Waals surface area contributed by atoms with Gasteiger partial charge < -0.3 is 25.4 Å². The summed E-state index contributed by atoms with van der Waals surface area (Å²) in [7, 11) is 3.22. The number of hydrogen-bond donors (Lipinski definition) is 3. The number of amides is 1. The fourth-order valence-electron chi connectivity index (χ4n) is 3.10. The van der Waals surface area contributed by atoms with Gasteiger partial charge in [-0.05, 0) is 61.6 Å². The van der Waals surface area contributed by atoms with Crippen LogP contribution < -0.4 is 25.4 Å². The van der Waals surface area contributed by atoms with Crippen molar-refractivity contribution in [1.29, 1.82) is 0 Å². The highest BCUT2D eigenvalue weighted by Crippen LogP contribution is 2.30. The summed E-state index contributed by atoms with van der Waals surface area (Å²) >= 11 is 0. The van der Waals surface area contributed by atoms with Gasteiger partial charge in [0.2, 0.25) is 0 Å². The molecule has 0 saturated heterocycles. The number of nitrogens with one attached hydrogen (secondary N) is 3. The summed E-state index contributed by atoms with van der Waals surface area (Å²) in [6, 6.07) is 11.8. The van der Waals surface area contributed by atoms with E-state index in [0.717, 1.165) is 18.4 Å². The largest absolute Gasteiger partial charge is 0.497 e. The first-order valence-corrected chi connectivity index (χ1v) is 10.8. The van der Waals surface area contributed by atoms with Crippen molar-refractivity contribution >= 4 is 11.9 Å². The summed E-state index contributed by atoms with van der Waals surface area (Å²) < 4.78 is 25.1. The van der Waals surface area contributed by atoms with Gasteiger partial charge in [-0.25, -0.2) is 4.39 Å². The molecule has 32 heavy (non-hydrogen) atoms. The fraction of sp³-hybridized carbons (Fsp3) is 0.417. The van der Waals surface area contributed by atoms with Gasteiger partial charge in [0.25, 0.3) is 5.91 Å². The van der Waals surface area contributed by atoms with Crippen molar-refractivity contribution in [3.63, 3.8) is 0 Å². The molecule has 1 amide bonds. The van der Waals surface area contributed by atoms with E-state index < -0.39 is 0 Å². The Hall–Kier alpha value is -3.29. The fourth-order valence-corrected chi connectivity index (χ4v) is 3.10. The molecule has 1 aliphatic carbocycles. The van der Waals surface area contributed by atoms with Crippen molar-refractivity contribution in [3.05, 3.63) is 59.4 Å². The first kappa shape index (κ1) is 23.4. The maximum Gasteiger partial charge on any atom is 0.251 e. The number of ether oxygens (including phenoxy) is 2. The summed E-state index contributed by atoms with van der Waals surface area (Å²) in [4.78, 5) is 16.4. The number of nitrogens with zero attached hydrogens (tertiary/aromatic N) is 1. The molecule has 7 nitrogen and oxygen atoms in total. The molecule has 0 aromatic heterocycles. The molecular weight excluding hydrogens is 411 g/mol. The molecule has 0 heterocycles. The number of hydrogen-bond acceptors (Lipinski definition) is 4. The lowest BCUT2D eigenvalue weighted by Crippen LogP contribution is -2.42. The molecule has 3 rings (SSSR count). The van der Waals surface area contributed by atoms with Crippen LogP contribution in [0.1, 0.15) is 41.7 Å². The van der Waals surface area contributed by atoms with Crippen LogP contribution in [-0.4, -0.2) is 45.7 Å². The number of aliphatic imine (C=N–C) groups is 1. The molecule has 1 aliphatic rings. The second kappa shape index (κ2) is 11.4. The van der Waals surface area contributed by atoms with Gasteiger partial charge in [-0.2, -0.15) is 0 Å². The third-order valence-electron chi connectivity index (χ3n) is 5.24. The summed E-state index contributed by atoms with van der Waals surface area (Å²) in [6.07, 6.45) is 2.33. The van der Waals surface area contributed by atoms with E-state index in [2.05, 4.69) is 20.9 Å². The van der Waals surface area contributed by atoms with Gasteiger partial charge in [0.05, 0.1) is 19.8 Å². The first-order chi connectivity index (χ1) is 15.5. The Balaban J connectivity index is 1.43. The lowest BCUT2D eigenvalue weighted by atomic mass is 10.1. The number of guanidine groups is 1. The van der Waals surface area contributed by atoms with Crippen LogP contribution in [0.3, 0.4) is 0 Å². The minimum Gasteiger partial charge on any atom is -0.497 e. The molecule has 1 atom stereocenters. The molecule has 1 saturated carbocycles. The number of methoxy groups -OCH3 is 1. The number of benzene rings is 2. The third-order valence-corrected chi connectivity index (χ3v) is 5.24. The van der Waals surface area contributed by atoms with Gasteiger partial charge in [-0.15, -0.1) is 0 Å². The van der Waals surface area contributed by atoms with Crippen molar-refractivity contribution < 1.29 is 18.7 Å². The van der Waals surface area contributed by atoms with Crippen molar-refractivity contribution in [3.8, 4) is 11.5 Å². The van der Waals surface area contributed by atoms with Crippen LogP contribution in [0.25, 0.3) is 0 Å². The van der Waals surface area contributed by atoms with E-state index in [1.165, 1.54) is 6.07 Å². The van der Waals surface area contributed by atoms with Crippen LogP contribution >= 0.6 is 0 Å². The Kier molecular flexibility index (Phi) is 8.30. The Bertz CT molecular complexity index is 947. The molecule has 1 unspecified atom stereocenters. The molecule has 2 aromatic carbocycles. The van der Waals surface area contributed by atoms with Gasteiger partial charge >= 0.3 is 0 Å². The second-order valence-corrected chi connectivity index (χ2v) is 7.80. The van der Waals surface area contributed by atoms with Crippen LogP contribution in [0.2, 0.25) is 0 Å². The Morgan fingerprint density at radius 2 is 1.97 bits per heavy atom. The summed E-state index contributed by atoms with van der Waals surface area (Å²) in [6.45, 7) is 3.39. The Labute approximate surface area is 188 Å². The molecule has 3 N–H and O–H groups in total. The van der Waals surface area contributed by atoms with Crippen LogP contribution in [0.5, 0.6) is 11.5 Å². The molecule has 0 bridgehead atoms. The zero-order valence-corrected chi connectivity index (χ0v) is 18.8. The topological polar surface area (TPSA) is 84.0 Å². The van der Waals surface area contributed by atoms with Gasteiger partial charge in [-0.3, -0.25) is 9.79 Å². The van der Waals surface area contributed by atoms with Crippen molar-refractivity contribution in [1.82, 2.24) is 16.0 Å².